The molecule has 11 aromatic rings. The molecular weight excluding hydrogens is 755 g/mol. The van der Waals surface area contributed by atoms with Crippen molar-refractivity contribution >= 4 is 89.7 Å². The highest BCUT2D eigenvalue weighted by molar-refractivity contribution is 6.99. The molecule has 0 N–H and O–H groups in total. The third-order valence-corrected chi connectivity index (χ3v) is 17.5. The van der Waals surface area contributed by atoms with Crippen molar-refractivity contribution in [3.05, 3.63) is 204 Å². The number of furan rings is 1. The standard InChI is InChI=1S/C58H41NOSi/c1-61(2)57-34-39(38-24-30-56-52(31-38)47-17-7-8-20-55(47)60-56)21-26-48(57)49-27-25-42(35-58(49)61)59-53-28-22-40(45-18-9-13-36-11-3-5-15-43(36)45)32-50(53)51-33-41(23-29-54(51)59)46-19-10-14-37-12-4-6-16-44(37)46/h3-20,22-25,27-35H,21,26H2,1-2H3. The summed E-state index contributed by atoms with van der Waals surface area (Å²) in [5.41, 5.74) is 16.4. The van der Waals surface area contributed by atoms with Crippen LogP contribution in [-0.4, -0.2) is 12.6 Å². The Labute approximate surface area is 355 Å². The summed E-state index contributed by atoms with van der Waals surface area (Å²) in [7, 11) is -2.05. The SMILES string of the molecule is C[Si]1(C)C2=C(CCC(c3ccc4oc5ccccc5c4c3)=C2)c2ccc(-n3c4ccc(-c5cccc6ccccc56)cc4c4cc(-c5cccc6ccccc56)ccc43)cc21. The number of allylic oxidation sites excluding steroid dienone is 4. The zero-order chi connectivity index (χ0) is 40.4. The lowest BCUT2D eigenvalue weighted by atomic mass is 9.89. The maximum atomic E-state index is 6.19. The van der Waals surface area contributed by atoms with Gasteiger partial charge >= 0.3 is 0 Å². The van der Waals surface area contributed by atoms with Crippen molar-refractivity contribution in [3.8, 4) is 27.9 Å². The molecule has 2 nitrogen and oxygen atoms in total. The second-order valence-electron chi connectivity index (χ2n) is 17.6. The lowest BCUT2D eigenvalue weighted by Crippen LogP contribution is -2.41. The van der Waals surface area contributed by atoms with E-state index in [1.54, 1.807) is 16.0 Å². The van der Waals surface area contributed by atoms with E-state index < -0.39 is 8.07 Å². The first-order valence-electron chi connectivity index (χ1n) is 21.5. The monoisotopic (exact) mass is 795 g/mol. The van der Waals surface area contributed by atoms with Gasteiger partial charge in [0.25, 0.3) is 0 Å². The predicted molar refractivity (Wildman–Crippen MR) is 262 cm³/mol. The molecule has 0 radical (unpaired) electrons. The zero-order valence-electron chi connectivity index (χ0n) is 34.2. The van der Waals surface area contributed by atoms with E-state index in [4.69, 9.17) is 4.42 Å². The second kappa shape index (κ2) is 12.9. The number of benzene rings is 9. The molecule has 0 unspecified atom stereocenters. The van der Waals surface area contributed by atoms with Gasteiger partial charge in [-0.2, -0.15) is 0 Å². The molecule has 3 heteroatoms. The minimum Gasteiger partial charge on any atom is -0.456 e. The molecule has 9 aromatic carbocycles. The fourth-order valence-electron chi connectivity index (χ4n) is 10.9. The number of rotatable bonds is 4. The Hall–Kier alpha value is -7.20. The van der Waals surface area contributed by atoms with Crippen LogP contribution in [0.25, 0.3) is 104 Å². The van der Waals surface area contributed by atoms with Gasteiger partial charge in [-0.3, -0.25) is 0 Å². The first-order chi connectivity index (χ1) is 30.0. The highest BCUT2D eigenvalue weighted by atomic mass is 28.3. The highest BCUT2D eigenvalue weighted by Crippen LogP contribution is 2.46. The topological polar surface area (TPSA) is 18.1 Å². The van der Waals surface area contributed by atoms with Crippen molar-refractivity contribution in [3.63, 3.8) is 0 Å². The number of hydrogen-bond donors (Lipinski definition) is 0. The maximum absolute atomic E-state index is 6.19. The molecule has 1 aliphatic carbocycles. The normalized spacial score (nSPS) is 14.8. The van der Waals surface area contributed by atoms with Crippen molar-refractivity contribution in [1.82, 2.24) is 4.57 Å². The van der Waals surface area contributed by atoms with Gasteiger partial charge < -0.3 is 8.98 Å². The maximum Gasteiger partial charge on any atom is 0.135 e. The van der Waals surface area contributed by atoms with Gasteiger partial charge in [0, 0.05) is 27.2 Å². The molecule has 0 fully saturated rings. The Bertz CT molecular complexity index is 3590. The van der Waals surface area contributed by atoms with Crippen molar-refractivity contribution in [2.24, 2.45) is 0 Å². The first kappa shape index (κ1) is 34.6. The highest BCUT2D eigenvalue weighted by Gasteiger charge is 2.40. The van der Waals surface area contributed by atoms with Gasteiger partial charge in [-0.1, -0.05) is 152 Å². The van der Waals surface area contributed by atoms with E-state index in [1.807, 2.05) is 6.07 Å². The summed E-state index contributed by atoms with van der Waals surface area (Å²) >= 11 is 0. The minimum atomic E-state index is -2.05. The third-order valence-electron chi connectivity index (χ3n) is 13.9. The zero-order valence-corrected chi connectivity index (χ0v) is 35.2. The molecule has 0 saturated heterocycles. The molecule has 0 atom stereocenters. The molecule has 1 aliphatic heterocycles. The van der Waals surface area contributed by atoms with E-state index in [-0.39, 0.29) is 0 Å². The third kappa shape index (κ3) is 5.14. The minimum absolute atomic E-state index is 0.951. The molecular formula is C58H41NOSi. The van der Waals surface area contributed by atoms with Crippen LogP contribution < -0.4 is 5.19 Å². The molecule has 288 valence electrons. The van der Waals surface area contributed by atoms with E-state index in [0.29, 0.717) is 0 Å². The molecule has 0 amide bonds. The van der Waals surface area contributed by atoms with Gasteiger partial charge in [-0.15, -0.1) is 0 Å². The quantitative estimate of drug-likeness (QED) is 0.162. The van der Waals surface area contributed by atoms with Gasteiger partial charge in [0.2, 0.25) is 0 Å². The van der Waals surface area contributed by atoms with Crippen LogP contribution >= 0.6 is 0 Å². The van der Waals surface area contributed by atoms with Gasteiger partial charge in [-0.05, 0) is 139 Å². The average Bonchev–Trinajstić information content (AvgIpc) is 3.92. The lowest BCUT2D eigenvalue weighted by molar-refractivity contribution is 0.669. The molecule has 2 aliphatic rings. The van der Waals surface area contributed by atoms with Crippen LogP contribution in [0.15, 0.2) is 198 Å². The number of fused-ring (bicyclic) bond motifs is 10. The van der Waals surface area contributed by atoms with Crippen molar-refractivity contribution in [1.29, 1.82) is 0 Å². The van der Waals surface area contributed by atoms with Crippen molar-refractivity contribution < 1.29 is 4.42 Å². The molecule has 13 rings (SSSR count). The van der Waals surface area contributed by atoms with Crippen LogP contribution in [0.5, 0.6) is 0 Å². The van der Waals surface area contributed by atoms with Gasteiger partial charge in [-0.25, -0.2) is 0 Å². The Kier molecular flexibility index (Phi) is 7.32. The van der Waals surface area contributed by atoms with Crippen LogP contribution in [0.2, 0.25) is 13.1 Å². The summed E-state index contributed by atoms with van der Waals surface area (Å²) in [6.45, 7) is 5.12. The Morgan fingerprint density at radius 2 is 1.02 bits per heavy atom. The van der Waals surface area contributed by atoms with E-state index in [1.165, 1.54) is 98.8 Å². The van der Waals surface area contributed by atoms with Crippen LogP contribution in [-0.2, 0) is 0 Å². The number of nitrogens with zero attached hydrogens (tertiary/aromatic N) is 1. The van der Waals surface area contributed by atoms with E-state index >= 15 is 0 Å². The largest absolute Gasteiger partial charge is 0.456 e. The summed E-state index contributed by atoms with van der Waals surface area (Å²) in [5, 5.41) is 13.1. The Morgan fingerprint density at radius 3 is 1.70 bits per heavy atom. The summed E-state index contributed by atoms with van der Waals surface area (Å²) < 4.78 is 8.72. The van der Waals surface area contributed by atoms with Crippen LogP contribution in [0.4, 0.5) is 0 Å². The average molecular weight is 796 g/mol. The smallest absolute Gasteiger partial charge is 0.135 e. The summed E-state index contributed by atoms with van der Waals surface area (Å²) in [6, 6.07) is 67.6. The van der Waals surface area contributed by atoms with Gasteiger partial charge in [0.05, 0.1) is 11.0 Å². The molecule has 0 saturated carbocycles. The van der Waals surface area contributed by atoms with Gasteiger partial charge in [0.1, 0.15) is 19.2 Å². The first-order valence-corrected chi connectivity index (χ1v) is 24.5. The van der Waals surface area contributed by atoms with E-state index in [9.17, 15) is 0 Å². The van der Waals surface area contributed by atoms with Crippen LogP contribution in [0.3, 0.4) is 0 Å². The second-order valence-corrected chi connectivity index (χ2v) is 21.9. The van der Waals surface area contributed by atoms with Crippen LogP contribution in [0.1, 0.15) is 24.0 Å². The summed E-state index contributed by atoms with van der Waals surface area (Å²) in [4.78, 5) is 0. The molecule has 61 heavy (non-hydrogen) atoms. The fourth-order valence-corrected chi connectivity index (χ4v) is 14.2. The molecule has 3 heterocycles. The van der Waals surface area contributed by atoms with Crippen molar-refractivity contribution in [2.75, 3.05) is 0 Å². The van der Waals surface area contributed by atoms with Crippen LogP contribution in [0, 0.1) is 0 Å². The van der Waals surface area contributed by atoms with E-state index in [0.717, 1.165) is 24.0 Å². The summed E-state index contributed by atoms with van der Waals surface area (Å²) in [6.07, 6.45) is 4.67. The number of para-hydroxylation sites is 1. The molecule has 0 bridgehead atoms. The predicted octanol–water partition coefficient (Wildman–Crippen LogP) is 15.4. The Morgan fingerprint density at radius 1 is 0.443 bits per heavy atom. The number of aromatic nitrogens is 1. The number of hydrogen-bond acceptors (Lipinski definition) is 1. The van der Waals surface area contributed by atoms with Gasteiger partial charge in [0.15, 0.2) is 0 Å². The van der Waals surface area contributed by atoms with E-state index in [2.05, 4.69) is 200 Å². The lowest BCUT2D eigenvalue weighted by Gasteiger charge is -2.24. The van der Waals surface area contributed by atoms with Crippen molar-refractivity contribution in [2.45, 2.75) is 25.9 Å². The molecule has 0 spiro atoms. The molecule has 2 aromatic heterocycles. The summed E-state index contributed by atoms with van der Waals surface area (Å²) in [5.74, 6) is 0. The Balaban J connectivity index is 0.963. The fraction of sp³-hybridized carbons (Fsp3) is 0.0690.